The van der Waals surface area contributed by atoms with Gasteiger partial charge in [0.1, 0.15) is 6.61 Å². The Labute approximate surface area is 356 Å². The smallest absolute Gasteiger partial charge is 0.306 e. The number of unbranched alkanes of at least 4 members (excludes halogenated alkanes) is 12. The Bertz CT molecular complexity index is 1220. The molecule has 1 unspecified atom stereocenters. The van der Waals surface area contributed by atoms with Gasteiger partial charge >= 0.3 is 11.9 Å². The second-order valence-corrected chi connectivity index (χ2v) is 14.7. The highest BCUT2D eigenvalue weighted by molar-refractivity contribution is 5.70. The summed E-state index contributed by atoms with van der Waals surface area (Å²) < 4.78 is 10.6. The lowest BCUT2D eigenvalue weighted by Gasteiger charge is -2.15. The number of ether oxygens (including phenoxy) is 2. The molecule has 5 heteroatoms. The molecule has 0 aromatic heterocycles. The molecule has 1 atom stereocenters. The lowest BCUT2D eigenvalue weighted by Crippen LogP contribution is -2.28. The summed E-state index contributed by atoms with van der Waals surface area (Å²) >= 11 is 0. The molecule has 58 heavy (non-hydrogen) atoms. The maximum atomic E-state index is 12.2. The normalized spacial score (nSPS) is 13.4. The Balaban J connectivity index is 3.65. The van der Waals surface area contributed by atoms with Crippen LogP contribution in [-0.2, 0) is 19.1 Å². The molecule has 0 rings (SSSR count). The van der Waals surface area contributed by atoms with Gasteiger partial charge < -0.3 is 14.6 Å². The third kappa shape index (κ3) is 45.0. The summed E-state index contributed by atoms with van der Waals surface area (Å²) in [5, 5.41) is 9.59. The Hall–Kier alpha value is -3.70. The molecule has 0 aromatic rings. The zero-order valence-electron chi connectivity index (χ0n) is 37.0. The summed E-state index contributed by atoms with van der Waals surface area (Å²) in [7, 11) is 0. The number of hydrogen-bond acceptors (Lipinski definition) is 5. The predicted molar refractivity (Wildman–Crippen MR) is 251 cm³/mol. The van der Waals surface area contributed by atoms with Crippen LogP contribution in [0.4, 0.5) is 0 Å². The second kappa shape index (κ2) is 47.7. The molecule has 0 spiro atoms. The van der Waals surface area contributed by atoms with Crippen molar-refractivity contribution in [1.29, 1.82) is 0 Å². The maximum absolute atomic E-state index is 12.2. The van der Waals surface area contributed by atoms with Crippen LogP contribution in [0.5, 0.6) is 0 Å². The first-order chi connectivity index (χ1) is 28.6. The SMILES string of the molecule is CC/C=C\C/C=C\C/C=C\C/C=C\C/C=C\C/C=C\CCC(=O)OC(CO)COC(=O)CCCCCCCCCCCCCC/C=C\C/C=C\C/C=C\C/C=C\CC. The third-order valence-corrected chi connectivity index (χ3v) is 9.26. The van der Waals surface area contributed by atoms with Crippen molar-refractivity contribution in [3.05, 3.63) is 122 Å². The topological polar surface area (TPSA) is 72.8 Å². The molecule has 0 aliphatic carbocycles. The van der Waals surface area contributed by atoms with Crippen molar-refractivity contribution in [2.75, 3.05) is 13.2 Å². The second-order valence-electron chi connectivity index (χ2n) is 14.7. The molecular formula is C53H84O5. The highest BCUT2D eigenvalue weighted by Crippen LogP contribution is 2.14. The molecule has 0 radical (unpaired) electrons. The molecular weight excluding hydrogens is 717 g/mol. The van der Waals surface area contributed by atoms with E-state index < -0.39 is 12.1 Å². The number of allylic oxidation sites excluding steroid dienone is 20. The fraction of sp³-hybridized carbons (Fsp3) is 0.585. The van der Waals surface area contributed by atoms with Gasteiger partial charge in [-0.1, -0.05) is 200 Å². The summed E-state index contributed by atoms with van der Waals surface area (Å²) in [5.41, 5.74) is 0. The van der Waals surface area contributed by atoms with E-state index in [0.29, 0.717) is 12.8 Å². The number of rotatable bonds is 40. The van der Waals surface area contributed by atoms with Crippen molar-refractivity contribution in [3.63, 3.8) is 0 Å². The van der Waals surface area contributed by atoms with Gasteiger partial charge in [0.05, 0.1) is 6.61 Å². The van der Waals surface area contributed by atoms with E-state index in [2.05, 4.69) is 123 Å². The maximum Gasteiger partial charge on any atom is 0.306 e. The van der Waals surface area contributed by atoms with Crippen molar-refractivity contribution < 1.29 is 24.2 Å². The molecule has 0 heterocycles. The summed E-state index contributed by atoms with van der Waals surface area (Å²) in [6, 6.07) is 0. The molecule has 0 bridgehead atoms. The van der Waals surface area contributed by atoms with Crippen LogP contribution in [0.1, 0.15) is 181 Å². The van der Waals surface area contributed by atoms with Crippen molar-refractivity contribution in [2.45, 2.75) is 187 Å². The van der Waals surface area contributed by atoms with E-state index in [0.717, 1.165) is 83.5 Å². The number of carbonyl (C=O) groups excluding carboxylic acids is 2. The Kier molecular flexibility index (Phi) is 44.6. The molecule has 5 nitrogen and oxygen atoms in total. The van der Waals surface area contributed by atoms with Gasteiger partial charge in [-0.05, 0) is 89.9 Å². The zero-order valence-corrected chi connectivity index (χ0v) is 37.0. The molecule has 1 N–H and O–H groups in total. The minimum atomic E-state index is -0.821. The lowest BCUT2D eigenvalue weighted by molar-refractivity contribution is -0.161. The predicted octanol–water partition coefficient (Wildman–Crippen LogP) is 15.2. The molecule has 0 fully saturated rings. The zero-order chi connectivity index (χ0) is 42.1. The quantitative estimate of drug-likeness (QED) is 0.0380. The Morgan fingerprint density at radius 1 is 0.397 bits per heavy atom. The van der Waals surface area contributed by atoms with Gasteiger partial charge in [-0.2, -0.15) is 0 Å². The third-order valence-electron chi connectivity index (χ3n) is 9.26. The van der Waals surface area contributed by atoms with E-state index in [-0.39, 0.29) is 25.6 Å². The van der Waals surface area contributed by atoms with Gasteiger partial charge in [-0.3, -0.25) is 9.59 Å². The van der Waals surface area contributed by atoms with Crippen LogP contribution in [0.15, 0.2) is 122 Å². The van der Waals surface area contributed by atoms with Crippen LogP contribution in [0.3, 0.4) is 0 Å². The van der Waals surface area contributed by atoms with E-state index in [1.54, 1.807) is 0 Å². The number of hydrogen-bond donors (Lipinski definition) is 1. The van der Waals surface area contributed by atoms with Crippen molar-refractivity contribution >= 4 is 11.9 Å². The van der Waals surface area contributed by atoms with Crippen LogP contribution in [0.2, 0.25) is 0 Å². The first-order valence-corrected chi connectivity index (χ1v) is 23.1. The minimum absolute atomic E-state index is 0.105. The average Bonchev–Trinajstić information content (AvgIpc) is 3.23. The molecule has 0 saturated heterocycles. The number of aliphatic hydroxyl groups excluding tert-OH is 1. The Morgan fingerprint density at radius 2 is 0.724 bits per heavy atom. The molecule has 0 aliphatic rings. The van der Waals surface area contributed by atoms with Crippen molar-refractivity contribution in [2.24, 2.45) is 0 Å². The van der Waals surface area contributed by atoms with Gasteiger partial charge in [0.25, 0.3) is 0 Å². The van der Waals surface area contributed by atoms with E-state index >= 15 is 0 Å². The van der Waals surface area contributed by atoms with Crippen LogP contribution in [-0.4, -0.2) is 36.4 Å². The van der Waals surface area contributed by atoms with Crippen LogP contribution in [0.25, 0.3) is 0 Å². The monoisotopic (exact) mass is 801 g/mol. The van der Waals surface area contributed by atoms with Gasteiger partial charge in [0.2, 0.25) is 0 Å². The van der Waals surface area contributed by atoms with Crippen molar-refractivity contribution in [3.8, 4) is 0 Å². The van der Waals surface area contributed by atoms with Gasteiger partial charge in [-0.15, -0.1) is 0 Å². The van der Waals surface area contributed by atoms with E-state index in [1.165, 1.54) is 64.2 Å². The molecule has 0 aliphatic heterocycles. The fourth-order valence-corrected chi connectivity index (χ4v) is 5.86. The van der Waals surface area contributed by atoms with Gasteiger partial charge in [-0.25, -0.2) is 0 Å². The minimum Gasteiger partial charge on any atom is -0.462 e. The highest BCUT2D eigenvalue weighted by atomic mass is 16.6. The lowest BCUT2D eigenvalue weighted by atomic mass is 10.0. The molecule has 326 valence electrons. The first kappa shape index (κ1) is 54.3. The van der Waals surface area contributed by atoms with Crippen LogP contribution < -0.4 is 0 Å². The van der Waals surface area contributed by atoms with E-state index in [4.69, 9.17) is 9.47 Å². The number of aliphatic hydroxyl groups is 1. The molecule has 0 aromatic carbocycles. The van der Waals surface area contributed by atoms with Gasteiger partial charge in [0.15, 0.2) is 6.10 Å². The van der Waals surface area contributed by atoms with Gasteiger partial charge in [0, 0.05) is 12.8 Å². The summed E-state index contributed by atoms with van der Waals surface area (Å²) in [4.78, 5) is 24.4. The first-order valence-electron chi connectivity index (χ1n) is 23.1. The summed E-state index contributed by atoms with van der Waals surface area (Å²) in [5.74, 6) is -0.700. The fourth-order valence-electron chi connectivity index (χ4n) is 5.86. The molecule has 0 saturated carbocycles. The number of carbonyl (C=O) groups is 2. The standard InChI is InChI=1S/C53H84O5/c1-3-5-7-9-11-13-15-17-19-21-23-24-25-26-27-28-30-31-33-35-37-39-41-43-45-47-52(55)57-50-51(49-54)58-53(56)48-46-44-42-40-38-36-34-32-29-22-20-18-16-14-12-10-8-6-4-2/h5-8,11-14,17-20,23-24,29,32,36,38,42,44,51,54H,3-4,9-10,15-16,21-22,25-28,30-31,33-35,37,39-41,43,45-50H2,1-2H3/b7-5-,8-6-,13-11-,14-12-,19-17-,20-18-,24-23-,32-29-,38-36-,44-42-. The summed E-state index contributed by atoms with van der Waals surface area (Å²) in [6.45, 7) is 3.84. The molecule has 0 amide bonds. The highest BCUT2D eigenvalue weighted by Gasteiger charge is 2.15. The summed E-state index contributed by atoms with van der Waals surface area (Å²) in [6.07, 6.45) is 70.0. The average molecular weight is 801 g/mol. The van der Waals surface area contributed by atoms with Crippen LogP contribution in [0, 0.1) is 0 Å². The van der Waals surface area contributed by atoms with E-state index in [1.807, 2.05) is 12.2 Å². The Morgan fingerprint density at radius 3 is 1.10 bits per heavy atom. The van der Waals surface area contributed by atoms with Crippen molar-refractivity contribution in [1.82, 2.24) is 0 Å². The van der Waals surface area contributed by atoms with E-state index in [9.17, 15) is 14.7 Å². The largest absolute Gasteiger partial charge is 0.462 e. The van der Waals surface area contributed by atoms with Crippen LogP contribution >= 0.6 is 0 Å². The number of esters is 2.